The Kier molecular flexibility index (Phi) is 5.67. The van der Waals surface area contributed by atoms with Gasteiger partial charge in [-0.2, -0.15) is 14.9 Å². The lowest BCUT2D eigenvalue weighted by Crippen LogP contribution is -1.99. The highest BCUT2D eigenvalue weighted by Crippen LogP contribution is 2.28. The molecule has 2 heterocycles. The van der Waals surface area contributed by atoms with Crippen LogP contribution in [-0.4, -0.2) is 41.3 Å². The van der Waals surface area contributed by atoms with Gasteiger partial charge in [0.2, 0.25) is 10.5 Å². The molecule has 3 aromatic rings. The summed E-state index contributed by atoms with van der Waals surface area (Å²) in [5.74, 6) is 1.10. The van der Waals surface area contributed by atoms with E-state index in [-0.39, 0.29) is 12.4 Å². The molecule has 3 rings (SSSR count). The summed E-state index contributed by atoms with van der Waals surface area (Å²) in [6, 6.07) is 8.51. The minimum Gasteiger partial charge on any atom is -0.493 e. The molecule has 2 aromatic heterocycles. The van der Waals surface area contributed by atoms with Crippen LogP contribution in [0.1, 0.15) is 21.9 Å². The predicted molar refractivity (Wildman–Crippen MR) is 97.8 cm³/mol. The van der Waals surface area contributed by atoms with Crippen LogP contribution in [0.3, 0.4) is 0 Å². The Morgan fingerprint density at radius 2 is 2.19 bits per heavy atom. The minimum atomic E-state index is -0.541. The van der Waals surface area contributed by atoms with Gasteiger partial charge in [-0.05, 0) is 48.1 Å². The van der Waals surface area contributed by atoms with Gasteiger partial charge in [-0.1, -0.05) is 0 Å². The second kappa shape index (κ2) is 8.32. The zero-order chi connectivity index (χ0) is 19.2. The second-order valence-corrected chi connectivity index (χ2v) is 5.59. The first-order valence-corrected chi connectivity index (χ1v) is 8.16. The van der Waals surface area contributed by atoms with E-state index in [2.05, 4.69) is 20.0 Å². The molecule has 140 valence electrons. The second-order valence-electron chi connectivity index (χ2n) is 5.21. The molecular formula is C17H16N4O5S. The first kappa shape index (κ1) is 18.4. The van der Waals surface area contributed by atoms with Crippen LogP contribution in [0.4, 0.5) is 0 Å². The van der Waals surface area contributed by atoms with E-state index < -0.39 is 5.97 Å². The van der Waals surface area contributed by atoms with Crippen LogP contribution in [0.25, 0.3) is 0 Å². The number of ether oxygens (including phenoxy) is 3. The van der Waals surface area contributed by atoms with Gasteiger partial charge in [0.05, 0.1) is 20.4 Å². The highest BCUT2D eigenvalue weighted by Gasteiger charge is 2.12. The minimum absolute atomic E-state index is 0.118. The number of aromatic nitrogens is 3. The SMILES string of the molecule is COC(=O)c1ccc(COc2ccc(/C=N/n3cn[nH]c3=S)cc2OC)o1. The van der Waals surface area contributed by atoms with Crippen molar-refractivity contribution in [3.63, 3.8) is 0 Å². The number of aromatic amines is 1. The highest BCUT2D eigenvalue weighted by atomic mass is 32.1. The maximum atomic E-state index is 11.4. The van der Waals surface area contributed by atoms with Crippen molar-refractivity contribution in [1.82, 2.24) is 14.9 Å². The van der Waals surface area contributed by atoms with Gasteiger partial charge in [0, 0.05) is 0 Å². The highest BCUT2D eigenvalue weighted by molar-refractivity contribution is 7.71. The van der Waals surface area contributed by atoms with E-state index in [0.717, 1.165) is 5.56 Å². The molecular weight excluding hydrogens is 372 g/mol. The first-order chi connectivity index (χ1) is 13.1. The van der Waals surface area contributed by atoms with E-state index in [4.69, 9.17) is 26.1 Å². The molecule has 0 aliphatic rings. The molecule has 0 spiro atoms. The lowest BCUT2D eigenvalue weighted by atomic mass is 10.2. The average Bonchev–Trinajstić information content (AvgIpc) is 3.33. The van der Waals surface area contributed by atoms with Gasteiger partial charge in [-0.25, -0.2) is 4.79 Å². The molecule has 1 aromatic carbocycles. The number of esters is 1. The number of nitrogens with zero attached hydrogens (tertiary/aromatic N) is 3. The number of H-pyrrole nitrogens is 1. The summed E-state index contributed by atoms with van der Waals surface area (Å²) in [4.78, 5) is 11.4. The Labute approximate surface area is 159 Å². The quantitative estimate of drug-likeness (QED) is 0.377. The smallest absolute Gasteiger partial charge is 0.373 e. The van der Waals surface area contributed by atoms with Crippen LogP contribution in [0.5, 0.6) is 11.5 Å². The van der Waals surface area contributed by atoms with Crippen molar-refractivity contribution in [2.24, 2.45) is 5.10 Å². The van der Waals surface area contributed by atoms with Gasteiger partial charge in [0.25, 0.3) is 0 Å². The molecule has 9 nitrogen and oxygen atoms in total. The summed E-state index contributed by atoms with van der Waals surface area (Å²) in [6.45, 7) is 0.130. The van der Waals surface area contributed by atoms with Crippen molar-refractivity contribution in [2.45, 2.75) is 6.61 Å². The monoisotopic (exact) mass is 388 g/mol. The third-order valence-corrected chi connectivity index (χ3v) is 3.75. The number of carbonyl (C=O) groups is 1. The fourth-order valence-corrected chi connectivity index (χ4v) is 2.30. The summed E-state index contributed by atoms with van der Waals surface area (Å²) >= 11 is 5.03. The number of benzene rings is 1. The van der Waals surface area contributed by atoms with E-state index in [1.54, 1.807) is 24.4 Å². The van der Waals surface area contributed by atoms with Gasteiger partial charge in [0.15, 0.2) is 11.5 Å². The Bertz CT molecular complexity index is 1020. The number of furan rings is 1. The van der Waals surface area contributed by atoms with Crippen LogP contribution in [0.15, 0.2) is 46.2 Å². The summed E-state index contributed by atoms with van der Waals surface area (Å²) in [5.41, 5.74) is 0.785. The maximum Gasteiger partial charge on any atom is 0.373 e. The van der Waals surface area contributed by atoms with Crippen molar-refractivity contribution in [3.8, 4) is 11.5 Å². The van der Waals surface area contributed by atoms with Gasteiger partial charge in [-0.15, -0.1) is 0 Å². The molecule has 0 saturated carbocycles. The molecule has 0 aliphatic carbocycles. The standard InChI is InChI=1S/C17H16N4O5S/c1-23-15-7-11(8-19-21-10-18-20-17(21)27)3-5-13(15)25-9-12-4-6-14(26-12)16(22)24-2/h3-8,10H,9H2,1-2H3,(H,20,27)/b19-8+. The summed E-state index contributed by atoms with van der Waals surface area (Å²) < 4.78 is 22.9. The summed E-state index contributed by atoms with van der Waals surface area (Å²) in [6.07, 6.45) is 3.09. The Morgan fingerprint density at radius 1 is 1.33 bits per heavy atom. The average molecular weight is 388 g/mol. The van der Waals surface area contributed by atoms with Gasteiger partial charge < -0.3 is 18.6 Å². The number of rotatable bonds is 7. The van der Waals surface area contributed by atoms with Crippen molar-refractivity contribution in [2.75, 3.05) is 14.2 Å². The molecule has 0 aliphatic heterocycles. The van der Waals surface area contributed by atoms with Crippen LogP contribution in [0.2, 0.25) is 0 Å². The lowest BCUT2D eigenvalue weighted by Gasteiger charge is -2.10. The fraction of sp³-hybridized carbons (Fsp3) is 0.176. The normalized spacial score (nSPS) is 10.9. The molecule has 0 saturated heterocycles. The van der Waals surface area contributed by atoms with Gasteiger partial charge in [-0.3, -0.25) is 5.10 Å². The summed E-state index contributed by atoms with van der Waals surface area (Å²) in [5, 5.41) is 10.6. The fourth-order valence-electron chi connectivity index (χ4n) is 2.15. The van der Waals surface area contributed by atoms with Crippen molar-refractivity contribution < 1.29 is 23.4 Å². The van der Waals surface area contributed by atoms with Crippen LogP contribution in [-0.2, 0) is 11.3 Å². The van der Waals surface area contributed by atoms with E-state index in [1.807, 2.05) is 6.07 Å². The van der Waals surface area contributed by atoms with Crippen LogP contribution >= 0.6 is 12.2 Å². The van der Waals surface area contributed by atoms with Crippen LogP contribution in [0, 0.1) is 4.77 Å². The molecule has 0 fully saturated rings. The molecule has 0 atom stereocenters. The largest absolute Gasteiger partial charge is 0.493 e. The molecule has 0 unspecified atom stereocenters. The zero-order valence-electron chi connectivity index (χ0n) is 14.5. The molecule has 0 bridgehead atoms. The van der Waals surface area contributed by atoms with E-state index in [0.29, 0.717) is 22.0 Å². The molecule has 0 amide bonds. The van der Waals surface area contributed by atoms with Crippen molar-refractivity contribution in [3.05, 3.63) is 58.5 Å². The molecule has 1 N–H and O–H groups in total. The first-order valence-electron chi connectivity index (χ1n) is 7.75. The van der Waals surface area contributed by atoms with E-state index >= 15 is 0 Å². The summed E-state index contributed by atoms with van der Waals surface area (Å²) in [7, 11) is 2.83. The molecule has 27 heavy (non-hydrogen) atoms. The predicted octanol–water partition coefficient (Wildman–Crippen LogP) is 2.79. The topological polar surface area (TPSA) is 104 Å². The Hall–Kier alpha value is -3.40. The third-order valence-electron chi connectivity index (χ3n) is 3.47. The number of nitrogens with one attached hydrogen (secondary N) is 1. The maximum absolute atomic E-state index is 11.4. The lowest BCUT2D eigenvalue weighted by molar-refractivity contribution is 0.0561. The van der Waals surface area contributed by atoms with Crippen molar-refractivity contribution >= 4 is 24.4 Å². The number of carbonyl (C=O) groups excluding carboxylic acids is 1. The Balaban J connectivity index is 1.70. The van der Waals surface area contributed by atoms with Gasteiger partial charge >= 0.3 is 5.97 Å². The third kappa shape index (κ3) is 4.42. The Morgan fingerprint density at radius 3 is 2.89 bits per heavy atom. The molecule has 10 heteroatoms. The number of hydrogen-bond acceptors (Lipinski definition) is 8. The van der Waals surface area contributed by atoms with E-state index in [1.165, 1.54) is 31.3 Å². The zero-order valence-corrected chi connectivity index (χ0v) is 15.4. The van der Waals surface area contributed by atoms with Gasteiger partial charge in [0.1, 0.15) is 18.7 Å². The van der Waals surface area contributed by atoms with Crippen molar-refractivity contribution in [1.29, 1.82) is 0 Å². The number of methoxy groups -OCH3 is 2. The van der Waals surface area contributed by atoms with Crippen LogP contribution < -0.4 is 9.47 Å². The molecule has 0 radical (unpaired) electrons. The number of hydrogen-bond donors (Lipinski definition) is 1. The van der Waals surface area contributed by atoms with E-state index in [9.17, 15) is 4.79 Å².